The Labute approximate surface area is 506 Å². The quantitative estimate of drug-likeness (QED) is 0.139. The molecule has 0 radical (unpaired) electrons. The molecule has 0 saturated heterocycles. The van der Waals surface area contributed by atoms with Crippen LogP contribution in [0.15, 0.2) is 0 Å². The smallest absolute Gasteiger partial charge is 0.226 e. The molecule has 0 aromatic rings. The van der Waals surface area contributed by atoms with Crippen LogP contribution in [-0.4, -0.2) is 85.9 Å². The minimum atomic E-state index is -3.67. The van der Waals surface area contributed by atoms with Crippen LogP contribution in [0.5, 0.6) is 0 Å². The first-order valence-corrected chi connectivity index (χ1v) is 26.0. The molecule has 1 atom stereocenters. The number of alkyl halides is 36. The van der Waals surface area contributed by atoms with Crippen LogP contribution in [0.1, 0.15) is 0 Å². The fraction of sp³-hybridized carbons (Fsp3) is 1.00. The molecule has 0 aromatic heterocycles. The summed E-state index contributed by atoms with van der Waals surface area (Å²) in [5, 5.41) is 0. The molecule has 0 aliphatic heterocycles. The van der Waals surface area contributed by atoms with Gasteiger partial charge in [0, 0.05) is 0 Å². The summed E-state index contributed by atoms with van der Waals surface area (Å²) in [6, 6.07) is 0. The van der Waals surface area contributed by atoms with E-state index in [0.717, 1.165) is 0 Å². The first-order chi connectivity index (χ1) is 23.7. The normalized spacial score (nSPS) is 17.3. The SMILES string of the molecule is ClC(Cl)(Cl)C(Cl)(Cl)C(Cl)(Cl)C(Cl)(Cl)C(Cl)(Cl)C(Cl)(Cl)C(Cl)(Cl)C(Cl)(Cl)C(Cl)(Cl)C(Cl)(Cl)C(Cl)(Cl)C(Cl)(Cl)C(Cl)(Cl)C(Cl)(Cl)C(Cl)(Cl)C(Cl)(Cl)C(Cl)(Cl)Cl.O=S([O-])O. The van der Waals surface area contributed by atoms with Crippen LogP contribution in [0.25, 0.3) is 0 Å². The second kappa shape index (κ2) is 21.4. The largest absolute Gasteiger partial charge is 0.750 e. The van der Waals surface area contributed by atoms with E-state index in [1.54, 1.807) is 0 Å². The van der Waals surface area contributed by atoms with Crippen LogP contribution < -0.4 is 0 Å². The maximum Gasteiger partial charge on any atom is 0.226 e. The van der Waals surface area contributed by atoms with Gasteiger partial charge in [-0.2, -0.15) is 0 Å². The molecule has 40 heteroatoms. The van der Waals surface area contributed by atoms with Gasteiger partial charge in [-0.1, -0.05) is 418 Å². The van der Waals surface area contributed by atoms with Gasteiger partial charge in [0.25, 0.3) is 0 Å². The van der Waals surface area contributed by atoms with Crippen molar-refractivity contribution < 1.29 is 13.3 Å². The number of hydrogen-bond acceptors (Lipinski definition) is 2. The molecule has 0 aromatic carbocycles. The highest BCUT2D eigenvalue weighted by Crippen LogP contribution is 2.78. The lowest BCUT2D eigenvalue weighted by atomic mass is 9.96. The molecule has 0 fully saturated rings. The van der Waals surface area contributed by atoms with Crippen LogP contribution in [0, 0.1) is 0 Å². The first kappa shape index (κ1) is 69.6. The van der Waals surface area contributed by atoms with E-state index >= 15 is 0 Å². The van der Waals surface area contributed by atoms with E-state index in [1.165, 1.54) is 0 Å². The summed E-state index contributed by atoms with van der Waals surface area (Å²) >= 11 is 224. The molecule has 346 valence electrons. The molecule has 1 unspecified atom stereocenters. The van der Waals surface area contributed by atoms with Gasteiger partial charge in [-0.05, 0) is 0 Å². The highest BCUT2D eigenvalue weighted by atomic mass is 35.6. The highest BCUT2D eigenvalue weighted by molar-refractivity contribution is 7.73. The van der Waals surface area contributed by atoms with E-state index in [9.17, 15) is 0 Å². The Morgan fingerprint density at radius 2 is 0.281 bits per heavy atom. The maximum atomic E-state index is 8.56. The molecule has 0 saturated carbocycles. The third kappa shape index (κ3) is 11.6. The van der Waals surface area contributed by atoms with Crippen molar-refractivity contribution in [3.63, 3.8) is 0 Å². The Kier molecular flexibility index (Phi) is 26.1. The van der Waals surface area contributed by atoms with Crippen molar-refractivity contribution in [3.05, 3.63) is 0 Å². The van der Waals surface area contributed by atoms with Gasteiger partial charge >= 0.3 is 0 Å². The van der Waals surface area contributed by atoms with Crippen molar-refractivity contribution >= 4 is 429 Å². The summed E-state index contributed by atoms with van der Waals surface area (Å²) in [6.07, 6.45) is 0. The second-order valence-electron chi connectivity index (χ2n) is 9.83. The monoisotopic (exact) mass is 1540 g/mol. The van der Waals surface area contributed by atoms with Gasteiger partial charge in [-0.25, -0.2) is 4.21 Å². The average Bonchev–Trinajstić information content (AvgIpc) is 2.94. The third-order valence-corrected chi connectivity index (χ3v) is 31.5. The summed E-state index contributed by atoms with van der Waals surface area (Å²) < 4.78 is -33.7. The predicted octanol–water partition coefficient (Wildman–Crippen LogP) is 20.7. The predicted molar refractivity (Wildman–Crippen MR) is 269 cm³/mol. The molecule has 0 spiro atoms. The molecule has 0 rings (SSSR count). The molecule has 0 aliphatic rings. The zero-order valence-corrected chi connectivity index (χ0v) is 51.8. The van der Waals surface area contributed by atoms with Crippen LogP contribution in [0.3, 0.4) is 0 Å². The molecule has 0 amide bonds. The van der Waals surface area contributed by atoms with Crippen LogP contribution in [0.4, 0.5) is 0 Å². The molecule has 1 N–H and O–H groups in total. The van der Waals surface area contributed by atoms with Crippen molar-refractivity contribution in [3.8, 4) is 0 Å². The number of hydrogen-bond donors (Lipinski definition) is 1. The Balaban J connectivity index is 0. The van der Waals surface area contributed by atoms with Crippen molar-refractivity contribution in [2.45, 2.75) is 72.6 Å². The third-order valence-electron chi connectivity index (χ3n) is 6.23. The molecular weight excluding hydrogens is 1560 g/mol. The van der Waals surface area contributed by atoms with Gasteiger partial charge in [0.15, 0.2) is 56.3 Å². The molecular formula is C17HCl36O3S-. The van der Waals surface area contributed by atoms with Gasteiger partial charge in [0.1, 0.15) is 0 Å². The highest BCUT2D eigenvalue weighted by Gasteiger charge is 2.88. The first-order valence-electron chi connectivity index (χ1n) is 11.3. The minimum absolute atomic E-state index is 2.86. The van der Waals surface area contributed by atoms with Gasteiger partial charge in [-0.3, -0.25) is 0 Å². The maximum absolute atomic E-state index is 8.56. The zero-order chi connectivity index (χ0) is 48.1. The summed E-state index contributed by atoms with van der Waals surface area (Å²) in [7, 11) is 0. The van der Waals surface area contributed by atoms with Crippen molar-refractivity contribution in [1.29, 1.82) is 0 Å². The average molecular weight is 1560 g/mol. The van der Waals surface area contributed by atoms with Gasteiger partial charge in [0.05, 0.1) is 11.4 Å². The van der Waals surface area contributed by atoms with Crippen molar-refractivity contribution in [1.82, 2.24) is 0 Å². The lowest BCUT2D eigenvalue weighted by Gasteiger charge is -2.58. The van der Waals surface area contributed by atoms with Crippen LogP contribution in [0.2, 0.25) is 0 Å². The summed E-state index contributed by atoms with van der Waals surface area (Å²) in [6.45, 7) is 0. The van der Waals surface area contributed by atoms with E-state index in [2.05, 4.69) is 0 Å². The van der Waals surface area contributed by atoms with Gasteiger partial charge in [0.2, 0.25) is 16.3 Å². The van der Waals surface area contributed by atoms with E-state index in [-0.39, 0.29) is 0 Å². The van der Waals surface area contributed by atoms with Crippen molar-refractivity contribution in [2.75, 3.05) is 0 Å². The Morgan fingerprint density at radius 3 is 0.333 bits per heavy atom. The molecule has 0 bridgehead atoms. The van der Waals surface area contributed by atoms with Gasteiger partial charge < -0.3 is 9.11 Å². The number of halogens is 36. The van der Waals surface area contributed by atoms with Crippen molar-refractivity contribution in [2.24, 2.45) is 0 Å². The minimum Gasteiger partial charge on any atom is -0.750 e. The second-order valence-corrected chi connectivity index (χ2v) is 34.7. The van der Waals surface area contributed by atoms with Crippen LogP contribution >= 0.6 is 418 Å². The lowest BCUT2D eigenvalue weighted by Crippen LogP contribution is -2.76. The Hall–Kier alpha value is 10.5. The number of rotatable bonds is 14. The topological polar surface area (TPSA) is 60.4 Å². The zero-order valence-electron chi connectivity index (χ0n) is 23.8. The summed E-state index contributed by atoms with van der Waals surface area (Å²) in [4.78, 5) is 0. The van der Waals surface area contributed by atoms with Gasteiger partial charge in [-0.15, -0.1) is 0 Å². The van der Waals surface area contributed by atoms with E-state index in [1.807, 2.05) is 0 Å². The lowest BCUT2D eigenvalue weighted by molar-refractivity contribution is 0.395. The van der Waals surface area contributed by atoms with E-state index < -0.39 is 83.9 Å². The molecule has 3 nitrogen and oxygen atoms in total. The van der Waals surface area contributed by atoms with E-state index in [0.29, 0.717) is 0 Å². The standard InChI is InChI=1S/C17Cl36.H2O3S/c18-1(19,2(20,21)4(24,25)6(28,29)8(32,33)10(36,37)12(40,41)14(44,45)16(48,49)50)3(22,23)5(26,27)7(30,31)9(34,35)11(38,39)13(42,43)15(46,47)17(51,52)53;1-4(2)3/h;(H2,1,2,3)/p-1. The fourth-order valence-electron chi connectivity index (χ4n) is 2.92. The molecule has 0 heterocycles. The summed E-state index contributed by atoms with van der Waals surface area (Å²) in [5.41, 5.74) is 0. The van der Waals surface area contributed by atoms with Crippen LogP contribution in [-0.2, 0) is 11.4 Å². The fourth-order valence-corrected chi connectivity index (χ4v) is 14.8. The Bertz CT molecular complexity index is 1340. The summed E-state index contributed by atoms with van der Waals surface area (Å²) in [5.74, 6) is 0. The van der Waals surface area contributed by atoms with E-state index in [4.69, 9.17) is 431 Å². The molecule has 57 heavy (non-hydrogen) atoms. The Morgan fingerprint density at radius 1 is 0.228 bits per heavy atom. The molecule has 0 aliphatic carbocycles.